The summed E-state index contributed by atoms with van der Waals surface area (Å²) in [6, 6.07) is 7.74. The maximum absolute atomic E-state index is 4.75. The van der Waals surface area contributed by atoms with Crippen LogP contribution in [0.5, 0.6) is 0 Å². The Morgan fingerprint density at radius 3 is 2.52 bits per heavy atom. The van der Waals surface area contributed by atoms with Crippen LogP contribution in [0.25, 0.3) is 33.9 Å². The van der Waals surface area contributed by atoms with Crippen LogP contribution in [-0.4, -0.2) is 24.9 Å². The van der Waals surface area contributed by atoms with E-state index in [1.54, 1.807) is 18.6 Å². The molecule has 118 valence electrons. The highest BCUT2D eigenvalue weighted by Crippen LogP contribution is 2.26. The minimum absolute atomic E-state index is 0.680. The number of H-pyrrole nitrogens is 2. The molecule has 2 N–H and O–H groups in total. The Balaban J connectivity index is 1.66. The second-order valence-corrected chi connectivity index (χ2v) is 6.36. The first-order valence-corrected chi connectivity index (χ1v) is 8.25. The van der Waals surface area contributed by atoms with E-state index in [0.29, 0.717) is 5.49 Å². The first-order valence-electron chi connectivity index (χ1n) is 7.46. The van der Waals surface area contributed by atoms with Crippen LogP contribution in [0.4, 0.5) is 0 Å². The Morgan fingerprint density at radius 2 is 1.72 bits per heavy atom. The Bertz CT molecular complexity index is 1200. The van der Waals surface area contributed by atoms with E-state index in [0.717, 1.165) is 43.8 Å². The van der Waals surface area contributed by atoms with Gasteiger partial charge in [0.15, 0.2) is 17.2 Å². The number of hydrogen-bond acceptors (Lipinski definition) is 5. The summed E-state index contributed by atoms with van der Waals surface area (Å²) in [6.45, 7) is 0. The Kier molecular flexibility index (Phi) is 3.06. The number of aromatic nitrogens is 5. The Labute approximate surface area is 149 Å². The number of aromatic amines is 2. The standard InChI is InChI=1S/C17H9BrN7/c18-9-5-10(12-7-14-16(24-12)21-3-1-19-14)23-11(6-9)13-8-15-17(25-13)22-4-2-20-15/h1-3,5-8H,(H,21,24)(H,22,25)/q+1. The molecule has 5 heterocycles. The Hall–Kier alpha value is -3.22. The average molecular weight is 391 g/mol. The maximum atomic E-state index is 4.75. The van der Waals surface area contributed by atoms with Gasteiger partial charge in [-0.3, -0.25) is 9.97 Å². The number of pyridine rings is 1. The van der Waals surface area contributed by atoms with Crippen molar-refractivity contribution in [3.63, 3.8) is 0 Å². The molecular weight excluding hydrogens is 382 g/mol. The summed E-state index contributed by atoms with van der Waals surface area (Å²) in [7, 11) is 0. The predicted octanol–water partition coefficient (Wildman–Crippen LogP) is 2.30. The molecule has 5 rings (SSSR count). The lowest BCUT2D eigenvalue weighted by Crippen LogP contribution is -2.23. The summed E-state index contributed by atoms with van der Waals surface area (Å²) in [5.74, 6) is 0. The molecule has 1 aliphatic rings. The summed E-state index contributed by atoms with van der Waals surface area (Å²) in [5, 5.41) is 0.774. The van der Waals surface area contributed by atoms with Crippen LogP contribution in [0.2, 0.25) is 0 Å². The second-order valence-electron chi connectivity index (χ2n) is 5.45. The van der Waals surface area contributed by atoms with Gasteiger partial charge in [-0.2, -0.15) is 4.99 Å². The van der Waals surface area contributed by atoms with Crippen LogP contribution >= 0.6 is 15.9 Å². The molecule has 0 unspecified atom stereocenters. The van der Waals surface area contributed by atoms with Crippen LogP contribution in [0.3, 0.4) is 0 Å². The van der Waals surface area contributed by atoms with Gasteiger partial charge in [-0.1, -0.05) is 15.9 Å². The smallest absolute Gasteiger partial charge is 0.308 e. The highest BCUT2D eigenvalue weighted by Gasteiger charge is 2.14. The lowest BCUT2D eigenvalue weighted by Gasteiger charge is -2.03. The summed E-state index contributed by atoms with van der Waals surface area (Å²) in [5.41, 5.74) is 5.47. The molecule has 4 aromatic rings. The van der Waals surface area contributed by atoms with Gasteiger partial charge in [0.1, 0.15) is 5.52 Å². The van der Waals surface area contributed by atoms with Crippen molar-refractivity contribution >= 4 is 27.1 Å². The van der Waals surface area contributed by atoms with Gasteiger partial charge < -0.3 is 4.98 Å². The van der Waals surface area contributed by atoms with Crippen molar-refractivity contribution in [1.82, 2.24) is 24.9 Å². The van der Waals surface area contributed by atoms with E-state index in [4.69, 9.17) is 4.98 Å². The van der Waals surface area contributed by atoms with E-state index in [1.165, 1.54) is 0 Å². The average Bonchev–Trinajstić information content (AvgIpc) is 3.25. The topological polar surface area (TPSA) is 95.0 Å². The zero-order valence-electron chi connectivity index (χ0n) is 12.7. The third-order valence-corrected chi connectivity index (χ3v) is 4.27. The molecule has 25 heavy (non-hydrogen) atoms. The third kappa shape index (κ3) is 2.44. The van der Waals surface area contributed by atoms with Crippen molar-refractivity contribution < 1.29 is 0 Å². The van der Waals surface area contributed by atoms with Crippen molar-refractivity contribution in [1.29, 1.82) is 0 Å². The molecule has 4 aromatic heterocycles. The number of halogens is 1. The number of nitrogens with zero attached hydrogens (tertiary/aromatic N) is 5. The van der Waals surface area contributed by atoms with E-state index in [1.807, 2.05) is 24.3 Å². The van der Waals surface area contributed by atoms with Crippen LogP contribution in [-0.2, 0) is 0 Å². The second kappa shape index (κ2) is 5.41. The van der Waals surface area contributed by atoms with Gasteiger partial charge >= 0.3 is 5.49 Å². The van der Waals surface area contributed by atoms with Crippen molar-refractivity contribution in [2.45, 2.75) is 0 Å². The molecular formula is C17H9BrN7+. The maximum Gasteiger partial charge on any atom is 0.308 e. The summed E-state index contributed by atoms with van der Waals surface area (Å²) in [6.07, 6.45) is 7.59. The fourth-order valence-corrected chi connectivity index (χ4v) is 3.14. The summed E-state index contributed by atoms with van der Waals surface area (Å²) >= 11 is 3.56. The molecule has 0 amide bonds. The molecule has 7 nitrogen and oxygen atoms in total. The largest absolute Gasteiger partial charge is 0.337 e. The molecule has 0 atom stereocenters. The van der Waals surface area contributed by atoms with E-state index in [2.05, 4.69) is 52.1 Å². The minimum Gasteiger partial charge on any atom is -0.337 e. The van der Waals surface area contributed by atoms with Crippen LogP contribution < -0.4 is 10.8 Å². The molecule has 0 aromatic carbocycles. The van der Waals surface area contributed by atoms with E-state index < -0.39 is 0 Å². The Morgan fingerprint density at radius 1 is 0.920 bits per heavy atom. The van der Waals surface area contributed by atoms with Gasteiger partial charge in [-0.15, -0.1) is 0 Å². The molecule has 0 spiro atoms. The fourth-order valence-electron chi connectivity index (χ4n) is 2.71. The highest BCUT2D eigenvalue weighted by atomic mass is 79.9. The lowest BCUT2D eigenvalue weighted by atomic mass is 10.2. The fraction of sp³-hybridized carbons (Fsp3) is 0. The monoisotopic (exact) mass is 390 g/mol. The third-order valence-electron chi connectivity index (χ3n) is 3.82. The number of nitrogens with one attached hydrogen (secondary N) is 2. The molecule has 0 saturated carbocycles. The number of hydrogen-bond donors (Lipinski definition) is 2. The number of fused-ring (bicyclic) bond motifs is 2. The molecule has 8 heteroatoms. The van der Waals surface area contributed by atoms with Crippen molar-refractivity contribution in [2.24, 2.45) is 9.98 Å². The predicted molar refractivity (Wildman–Crippen MR) is 94.7 cm³/mol. The van der Waals surface area contributed by atoms with Gasteiger partial charge in [-0.05, 0) is 18.2 Å². The van der Waals surface area contributed by atoms with Gasteiger partial charge in [-0.25, -0.2) is 9.97 Å². The van der Waals surface area contributed by atoms with Crippen LogP contribution in [0, 0.1) is 6.20 Å². The number of rotatable bonds is 2. The van der Waals surface area contributed by atoms with Gasteiger partial charge in [0.05, 0.1) is 22.8 Å². The lowest BCUT2D eigenvalue weighted by molar-refractivity contribution is 1.09. The zero-order chi connectivity index (χ0) is 16.8. The highest BCUT2D eigenvalue weighted by molar-refractivity contribution is 9.10. The zero-order valence-corrected chi connectivity index (χ0v) is 14.2. The van der Waals surface area contributed by atoms with E-state index in [-0.39, 0.29) is 0 Å². The molecule has 0 bridgehead atoms. The summed E-state index contributed by atoms with van der Waals surface area (Å²) < 4.78 is 0.915. The van der Waals surface area contributed by atoms with Crippen molar-refractivity contribution in [2.75, 3.05) is 0 Å². The molecule has 0 saturated heterocycles. The van der Waals surface area contributed by atoms with Gasteiger partial charge in [0.2, 0.25) is 6.20 Å². The van der Waals surface area contributed by atoms with Crippen molar-refractivity contribution in [3.05, 3.63) is 64.4 Å². The molecule has 0 radical (unpaired) electrons. The van der Waals surface area contributed by atoms with E-state index >= 15 is 0 Å². The van der Waals surface area contributed by atoms with Crippen molar-refractivity contribution in [3.8, 4) is 22.8 Å². The van der Waals surface area contributed by atoms with Crippen LogP contribution in [0.1, 0.15) is 0 Å². The van der Waals surface area contributed by atoms with Gasteiger partial charge in [0.25, 0.3) is 0 Å². The van der Waals surface area contributed by atoms with Gasteiger partial charge in [0, 0.05) is 27.9 Å². The first kappa shape index (κ1) is 14.2. The normalized spacial score (nSPS) is 12.4. The first-order chi connectivity index (χ1) is 12.3. The van der Waals surface area contributed by atoms with E-state index in [9.17, 15) is 0 Å². The minimum atomic E-state index is 0.680. The van der Waals surface area contributed by atoms with Crippen LogP contribution in [0.15, 0.2) is 57.3 Å². The SMILES string of the molecule is Brc1cc(-c2cc3c([nH]2)=N[C+]=CN=3)nc(-c2cc3nccnc3[nH]2)c1. The molecule has 0 aliphatic carbocycles. The molecule has 1 aliphatic heterocycles. The summed E-state index contributed by atoms with van der Waals surface area (Å²) in [4.78, 5) is 28.2. The molecule has 0 fully saturated rings. The quantitative estimate of drug-likeness (QED) is 0.514.